The van der Waals surface area contributed by atoms with Gasteiger partial charge in [0.2, 0.25) is 6.29 Å². The normalized spacial score (nSPS) is 10.3. The van der Waals surface area contributed by atoms with Crippen molar-refractivity contribution in [2.75, 3.05) is 7.05 Å². The van der Waals surface area contributed by atoms with E-state index in [0.717, 1.165) is 16.5 Å². The van der Waals surface area contributed by atoms with Crippen molar-refractivity contribution in [1.29, 1.82) is 0 Å². The van der Waals surface area contributed by atoms with E-state index in [2.05, 4.69) is 0 Å². The first-order valence-corrected chi connectivity index (χ1v) is 4.87. The minimum absolute atomic E-state index is 0.308. The van der Waals surface area contributed by atoms with Gasteiger partial charge in [0.1, 0.15) is 5.58 Å². The zero-order valence-corrected chi connectivity index (χ0v) is 8.84. The second-order valence-electron chi connectivity index (χ2n) is 3.57. The van der Waals surface area contributed by atoms with Crippen molar-refractivity contribution < 1.29 is 14.0 Å². The maximum atomic E-state index is 11.1. The zero-order chi connectivity index (χ0) is 11.5. The number of fused-ring (bicyclic) bond motifs is 1. The van der Waals surface area contributed by atoms with Gasteiger partial charge in [0.05, 0.1) is 6.26 Å². The lowest BCUT2D eigenvalue weighted by Crippen LogP contribution is -2.26. The van der Waals surface area contributed by atoms with E-state index >= 15 is 0 Å². The summed E-state index contributed by atoms with van der Waals surface area (Å²) in [6.07, 6.45) is 1.92. The van der Waals surface area contributed by atoms with Gasteiger partial charge in [-0.15, -0.1) is 0 Å². The summed E-state index contributed by atoms with van der Waals surface area (Å²) in [6.45, 7) is 0.370. The molecule has 1 heterocycles. The first-order valence-electron chi connectivity index (χ1n) is 4.87. The third kappa shape index (κ3) is 1.82. The van der Waals surface area contributed by atoms with Crippen LogP contribution in [-0.2, 0) is 16.1 Å². The summed E-state index contributed by atoms with van der Waals surface area (Å²) >= 11 is 0. The number of hydrogen-bond acceptors (Lipinski definition) is 3. The van der Waals surface area contributed by atoms with Crippen LogP contribution >= 0.6 is 0 Å². The summed E-state index contributed by atoms with van der Waals surface area (Å²) in [7, 11) is 1.58. The fraction of sp³-hybridized carbons (Fsp3) is 0.167. The number of furan rings is 1. The maximum absolute atomic E-state index is 11.1. The van der Waals surface area contributed by atoms with E-state index in [1.807, 2.05) is 24.3 Å². The van der Waals surface area contributed by atoms with Crippen molar-refractivity contribution in [3.8, 4) is 0 Å². The lowest BCUT2D eigenvalue weighted by Gasteiger charge is -2.12. The molecule has 0 aliphatic rings. The molecule has 2 rings (SSSR count). The molecule has 0 atom stereocenters. The van der Waals surface area contributed by atoms with Gasteiger partial charge in [0, 0.05) is 24.5 Å². The number of likely N-dealkylation sites (N-methyl/N-ethyl adjacent to an activating group) is 1. The Morgan fingerprint density at radius 1 is 1.44 bits per heavy atom. The monoisotopic (exact) mass is 217 g/mol. The molecule has 4 nitrogen and oxygen atoms in total. The number of aldehydes is 1. The topological polar surface area (TPSA) is 50.5 Å². The fourth-order valence-electron chi connectivity index (χ4n) is 1.58. The Morgan fingerprint density at radius 3 is 2.94 bits per heavy atom. The lowest BCUT2D eigenvalue weighted by atomic mass is 10.2. The van der Waals surface area contributed by atoms with Gasteiger partial charge in [-0.1, -0.05) is 18.2 Å². The Bertz CT molecular complexity index is 530. The fourth-order valence-corrected chi connectivity index (χ4v) is 1.58. The molecule has 82 valence electrons. The van der Waals surface area contributed by atoms with Crippen molar-refractivity contribution in [2.24, 2.45) is 0 Å². The molecule has 16 heavy (non-hydrogen) atoms. The minimum Gasteiger partial charge on any atom is -0.464 e. The summed E-state index contributed by atoms with van der Waals surface area (Å²) in [5.74, 6) is -0.537. The van der Waals surface area contributed by atoms with Crippen LogP contribution < -0.4 is 0 Å². The van der Waals surface area contributed by atoms with Gasteiger partial charge in [-0.25, -0.2) is 0 Å². The predicted octanol–water partition coefficient (Wildman–Crippen LogP) is 1.59. The summed E-state index contributed by atoms with van der Waals surface area (Å²) in [5.41, 5.74) is 1.68. The highest BCUT2D eigenvalue weighted by Gasteiger charge is 2.11. The van der Waals surface area contributed by atoms with Crippen LogP contribution in [-0.4, -0.2) is 24.1 Å². The van der Waals surface area contributed by atoms with Gasteiger partial charge in [-0.2, -0.15) is 0 Å². The van der Waals surface area contributed by atoms with Crippen molar-refractivity contribution in [3.63, 3.8) is 0 Å². The third-order valence-electron chi connectivity index (χ3n) is 2.45. The second kappa shape index (κ2) is 4.18. The molecular weight excluding hydrogens is 206 g/mol. The summed E-state index contributed by atoms with van der Waals surface area (Å²) < 4.78 is 5.34. The lowest BCUT2D eigenvalue weighted by molar-refractivity contribution is -0.138. The second-order valence-corrected chi connectivity index (χ2v) is 3.57. The molecule has 0 radical (unpaired) electrons. The molecule has 0 spiro atoms. The first-order chi connectivity index (χ1) is 7.72. The van der Waals surface area contributed by atoms with Gasteiger partial charge in [-0.3, -0.25) is 9.59 Å². The van der Waals surface area contributed by atoms with Crippen LogP contribution in [0, 0.1) is 0 Å². The molecule has 1 aromatic carbocycles. The van der Waals surface area contributed by atoms with E-state index in [9.17, 15) is 9.59 Å². The largest absolute Gasteiger partial charge is 0.464 e. The zero-order valence-electron chi connectivity index (χ0n) is 8.84. The van der Waals surface area contributed by atoms with E-state index in [-0.39, 0.29) is 0 Å². The quantitative estimate of drug-likeness (QED) is 0.579. The molecule has 1 aromatic heterocycles. The molecule has 0 N–H and O–H groups in total. The molecule has 0 unspecified atom stereocenters. The van der Waals surface area contributed by atoms with Gasteiger partial charge >= 0.3 is 0 Å². The number of nitrogens with zero attached hydrogens (tertiary/aromatic N) is 1. The predicted molar refractivity (Wildman–Crippen MR) is 58.8 cm³/mol. The number of rotatable bonds is 3. The SMILES string of the molecule is CN(Cc1coc2ccccc12)C(=O)C=O. The van der Waals surface area contributed by atoms with Gasteiger partial charge < -0.3 is 9.32 Å². The van der Waals surface area contributed by atoms with E-state index in [1.165, 1.54) is 4.90 Å². The van der Waals surface area contributed by atoms with Crippen molar-refractivity contribution in [2.45, 2.75) is 6.54 Å². The van der Waals surface area contributed by atoms with E-state index in [4.69, 9.17) is 4.42 Å². The first kappa shape index (κ1) is 10.4. The van der Waals surface area contributed by atoms with Crippen LogP contribution in [0.4, 0.5) is 0 Å². The number of para-hydroxylation sites is 1. The highest BCUT2D eigenvalue weighted by atomic mass is 16.3. The number of amides is 1. The number of benzene rings is 1. The van der Waals surface area contributed by atoms with Gasteiger partial charge in [0.25, 0.3) is 5.91 Å². The Kier molecular flexibility index (Phi) is 2.72. The molecule has 2 aromatic rings. The molecule has 0 fully saturated rings. The average molecular weight is 217 g/mol. The summed E-state index contributed by atoms with van der Waals surface area (Å²) in [6, 6.07) is 7.58. The number of carbonyl (C=O) groups excluding carboxylic acids is 2. The van der Waals surface area contributed by atoms with Crippen LogP contribution in [0.2, 0.25) is 0 Å². The Morgan fingerprint density at radius 2 is 2.19 bits per heavy atom. The third-order valence-corrected chi connectivity index (χ3v) is 2.45. The summed E-state index contributed by atoms with van der Waals surface area (Å²) in [4.78, 5) is 22.8. The van der Waals surface area contributed by atoms with E-state index in [1.54, 1.807) is 13.3 Å². The van der Waals surface area contributed by atoms with Crippen LogP contribution in [0.25, 0.3) is 11.0 Å². The molecule has 4 heteroatoms. The van der Waals surface area contributed by atoms with Crippen molar-refractivity contribution in [3.05, 3.63) is 36.1 Å². The molecule has 0 saturated heterocycles. The molecular formula is C12H11NO3. The maximum Gasteiger partial charge on any atom is 0.286 e. The average Bonchev–Trinajstić information content (AvgIpc) is 2.72. The van der Waals surface area contributed by atoms with Crippen LogP contribution in [0.3, 0.4) is 0 Å². The molecule has 1 amide bonds. The molecule has 0 aliphatic heterocycles. The van der Waals surface area contributed by atoms with E-state index in [0.29, 0.717) is 12.8 Å². The standard InChI is InChI=1S/C12H11NO3/c1-13(12(15)7-14)6-9-8-16-11-5-3-2-4-10(9)11/h2-5,7-8H,6H2,1H3. The van der Waals surface area contributed by atoms with Crippen LogP contribution in [0.1, 0.15) is 5.56 Å². The smallest absolute Gasteiger partial charge is 0.286 e. The van der Waals surface area contributed by atoms with Crippen molar-refractivity contribution in [1.82, 2.24) is 4.90 Å². The van der Waals surface area contributed by atoms with Gasteiger partial charge in [0.15, 0.2) is 0 Å². The minimum atomic E-state index is -0.537. The Labute approximate surface area is 92.5 Å². The number of carbonyl (C=O) groups is 2. The van der Waals surface area contributed by atoms with Crippen LogP contribution in [0.15, 0.2) is 34.9 Å². The molecule has 0 saturated carbocycles. The highest BCUT2D eigenvalue weighted by molar-refractivity contribution is 6.23. The number of hydrogen-bond donors (Lipinski definition) is 0. The van der Waals surface area contributed by atoms with E-state index < -0.39 is 5.91 Å². The molecule has 0 bridgehead atoms. The van der Waals surface area contributed by atoms with Gasteiger partial charge in [-0.05, 0) is 6.07 Å². The van der Waals surface area contributed by atoms with Crippen molar-refractivity contribution >= 4 is 23.2 Å². The van der Waals surface area contributed by atoms with Crippen LogP contribution in [0.5, 0.6) is 0 Å². The highest BCUT2D eigenvalue weighted by Crippen LogP contribution is 2.21. The molecule has 0 aliphatic carbocycles. The summed E-state index contributed by atoms with van der Waals surface area (Å²) in [5, 5.41) is 0.966. The Balaban J connectivity index is 2.28. The Hall–Kier alpha value is -2.10.